The van der Waals surface area contributed by atoms with Crippen molar-refractivity contribution in [2.24, 2.45) is 0 Å². The average molecular weight is 289 g/mol. The fraction of sp³-hybridized carbons (Fsp3) is 0.294. The molecule has 0 aliphatic rings. The topological polar surface area (TPSA) is 3.24 Å². The van der Waals surface area contributed by atoms with Gasteiger partial charge >= 0.3 is 0 Å². The smallest absolute Gasteiger partial charge is 0.123 e. The molecule has 0 N–H and O–H groups in total. The van der Waals surface area contributed by atoms with Crippen LogP contribution in [0.4, 0.5) is 4.39 Å². The van der Waals surface area contributed by atoms with Gasteiger partial charge < -0.3 is 4.90 Å². The molecule has 0 amide bonds. The van der Waals surface area contributed by atoms with Crippen LogP contribution in [0.3, 0.4) is 0 Å². The molecule has 1 unspecified atom stereocenters. The second-order valence-electron chi connectivity index (χ2n) is 5.11. The molecule has 106 valence electrons. The van der Waals surface area contributed by atoms with Crippen molar-refractivity contribution in [1.29, 1.82) is 0 Å². The summed E-state index contributed by atoms with van der Waals surface area (Å²) in [4.78, 5) is 2.25. The summed E-state index contributed by atoms with van der Waals surface area (Å²) in [5.74, 6) is 1.04. The Bertz CT molecular complexity index is 512. The quantitative estimate of drug-likeness (QED) is 0.788. The molecule has 20 heavy (non-hydrogen) atoms. The van der Waals surface area contributed by atoms with Crippen LogP contribution < -0.4 is 0 Å². The van der Waals surface area contributed by atoms with E-state index in [0.29, 0.717) is 5.92 Å². The fourth-order valence-corrected chi connectivity index (χ4v) is 2.66. The van der Waals surface area contributed by atoms with Gasteiger partial charge in [0.05, 0.1) is 0 Å². The van der Waals surface area contributed by atoms with E-state index in [1.165, 1.54) is 17.7 Å². The maximum Gasteiger partial charge on any atom is 0.123 e. The highest BCUT2D eigenvalue weighted by Gasteiger charge is 2.12. The Labute approximate surface area is 125 Å². The molecule has 0 radical (unpaired) electrons. The van der Waals surface area contributed by atoms with E-state index in [1.807, 2.05) is 18.2 Å². The summed E-state index contributed by atoms with van der Waals surface area (Å²) in [7, 11) is 2.09. The molecule has 0 aromatic heterocycles. The zero-order valence-electron chi connectivity index (χ0n) is 11.7. The van der Waals surface area contributed by atoms with Crippen LogP contribution in [0.5, 0.6) is 0 Å². The van der Waals surface area contributed by atoms with E-state index in [2.05, 4.69) is 48.8 Å². The molecular weight excluding hydrogens is 269 g/mol. The summed E-state index contributed by atoms with van der Waals surface area (Å²) < 4.78 is 12.9. The molecule has 0 saturated carbocycles. The van der Waals surface area contributed by atoms with Crippen LogP contribution in [-0.4, -0.2) is 24.2 Å². The van der Waals surface area contributed by atoms with Crippen LogP contribution in [0.15, 0.2) is 54.6 Å². The molecule has 3 heteroatoms. The van der Waals surface area contributed by atoms with Crippen LogP contribution in [0, 0.1) is 5.82 Å². The number of halogens is 1. The van der Waals surface area contributed by atoms with E-state index in [9.17, 15) is 4.39 Å². The van der Waals surface area contributed by atoms with E-state index in [0.717, 1.165) is 24.4 Å². The van der Waals surface area contributed by atoms with Crippen molar-refractivity contribution in [3.63, 3.8) is 0 Å². The summed E-state index contributed by atoms with van der Waals surface area (Å²) in [6.07, 6.45) is 0. The van der Waals surface area contributed by atoms with Gasteiger partial charge in [-0.3, -0.25) is 0 Å². The fourth-order valence-electron chi connectivity index (χ4n) is 2.34. The number of likely N-dealkylation sites (N-methyl/N-ethyl adjacent to an activating group) is 1. The van der Waals surface area contributed by atoms with Crippen molar-refractivity contribution < 1.29 is 4.39 Å². The summed E-state index contributed by atoms with van der Waals surface area (Å²) in [5, 5.41) is 0. The average Bonchev–Trinajstić information content (AvgIpc) is 2.48. The number of benzene rings is 2. The summed E-state index contributed by atoms with van der Waals surface area (Å²) in [6, 6.07) is 17.1. The lowest BCUT2D eigenvalue weighted by atomic mass is 10.0. The van der Waals surface area contributed by atoms with Crippen molar-refractivity contribution >= 4 is 12.6 Å². The predicted octanol–water partition coefficient (Wildman–Crippen LogP) is 3.97. The number of nitrogens with zero attached hydrogens (tertiary/aromatic N) is 1. The standard InChI is InChI=1S/C17H20FNS/c1-19(11-14-7-9-17(18)10-8-14)12-16(13-20)15-5-3-2-4-6-15/h2-10,16,20H,11-13H2,1H3. The van der Waals surface area contributed by atoms with Crippen LogP contribution in [0.1, 0.15) is 17.0 Å². The molecule has 0 spiro atoms. The van der Waals surface area contributed by atoms with Gasteiger partial charge in [-0.05, 0) is 36.1 Å². The molecule has 0 saturated heterocycles. The lowest BCUT2D eigenvalue weighted by Crippen LogP contribution is -2.25. The van der Waals surface area contributed by atoms with Gasteiger partial charge in [-0.1, -0.05) is 42.5 Å². The maximum atomic E-state index is 12.9. The second kappa shape index (κ2) is 7.46. The van der Waals surface area contributed by atoms with Crippen molar-refractivity contribution in [1.82, 2.24) is 4.90 Å². The normalized spacial score (nSPS) is 12.6. The van der Waals surface area contributed by atoms with E-state index >= 15 is 0 Å². The highest BCUT2D eigenvalue weighted by Crippen LogP contribution is 2.19. The molecule has 1 nitrogen and oxygen atoms in total. The van der Waals surface area contributed by atoms with E-state index in [1.54, 1.807) is 0 Å². The first-order valence-electron chi connectivity index (χ1n) is 6.78. The highest BCUT2D eigenvalue weighted by molar-refractivity contribution is 7.80. The monoisotopic (exact) mass is 289 g/mol. The zero-order chi connectivity index (χ0) is 14.4. The van der Waals surface area contributed by atoms with Gasteiger partial charge in [0.25, 0.3) is 0 Å². The van der Waals surface area contributed by atoms with Gasteiger partial charge in [0.2, 0.25) is 0 Å². The number of hydrogen-bond donors (Lipinski definition) is 1. The Morgan fingerprint density at radius 1 is 1.05 bits per heavy atom. The molecule has 0 aliphatic heterocycles. The van der Waals surface area contributed by atoms with Crippen molar-refractivity contribution in [3.05, 3.63) is 71.5 Å². The lowest BCUT2D eigenvalue weighted by molar-refractivity contribution is 0.311. The Balaban J connectivity index is 1.95. The van der Waals surface area contributed by atoms with Gasteiger partial charge in [-0.25, -0.2) is 4.39 Å². The minimum Gasteiger partial charge on any atom is -0.301 e. The Kier molecular flexibility index (Phi) is 5.62. The molecule has 0 fully saturated rings. The summed E-state index contributed by atoms with van der Waals surface area (Å²) in [6.45, 7) is 1.75. The Morgan fingerprint density at radius 2 is 1.70 bits per heavy atom. The van der Waals surface area contributed by atoms with Crippen LogP contribution in [0.2, 0.25) is 0 Å². The maximum absolute atomic E-state index is 12.9. The van der Waals surface area contributed by atoms with Gasteiger partial charge in [0, 0.05) is 19.0 Å². The van der Waals surface area contributed by atoms with Gasteiger partial charge in [-0.15, -0.1) is 0 Å². The Morgan fingerprint density at radius 3 is 2.30 bits per heavy atom. The van der Waals surface area contributed by atoms with Crippen LogP contribution in [-0.2, 0) is 6.54 Å². The molecule has 2 aromatic carbocycles. The first-order valence-corrected chi connectivity index (χ1v) is 7.41. The Hall–Kier alpha value is -1.32. The van der Waals surface area contributed by atoms with E-state index < -0.39 is 0 Å². The third kappa shape index (κ3) is 4.36. The third-order valence-electron chi connectivity index (χ3n) is 3.39. The molecule has 2 rings (SSSR count). The lowest BCUT2D eigenvalue weighted by Gasteiger charge is -2.23. The molecule has 0 bridgehead atoms. The van der Waals surface area contributed by atoms with E-state index in [4.69, 9.17) is 0 Å². The molecular formula is C17H20FNS. The number of rotatable bonds is 6. The largest absolute Gasteiger partial charge is 0.301 e. The zero-order valence-corrected chi connectivity index (χ0v) is 12.6. The van der Waals surface area contributed by atoms with E-state index in [-0.39, 0.29) is 5.82 Å². The number of thiol groups is 1. The van der Waals surface area contributed by atoms with Crippen molar-refractivity contribution in [2.45, 2.75) is 12.5 Å². The third-order valence-corrected chi connectivity index (χ3v) is 3.83. The second-order valence-corrected chi connectivity index (χ2v) is 5.48. The molecule has 0 aliphatic carbocycles. The molecule has 0 heterocycles. The number of hydrogen-bond acceptors (Lipinski definition) is 2. The summed E-state index contributed by atoms with van der Waals surface area (Å²) >= 11 is 4.47. The van der Waals surface area contributed by atoms with Crippen LogP contribution >= 0.6 is 12.6 Å². The van der Waals surface area contributed by atoms with Crippen LogP contribution in [0.25, 0.3) is 0 Å². The first-order chi connectivity index (χ1) is 9.69. The predicted molar refractivity (Wildman–Crippen MR) is 85.8 cm³/mol. The SMILES string of the molecule is CN(Cc1ccc(F)cc1)CC(CS)c1ccccc1. The van der Waals surface area contributed by atoms with Crippen molar-refractivity contribution in [3.8, 4) is 0 Å². The minimum atomic E-state index is -0.186. The van der Waals surface area contributed by atoms with Gasteiger partial charge in [0.15, 0.2) is 0 Å². The first kappa shape index (κ1) is 15.1. The molecule has 2 aromatic rings. The molecule has 1 atom stereocenters. The van der Waals surface area contributed by atoms with Crippen molar-refractivity contribution in [2.75, 3.05) is 19.3 Å². The highest BCUT2D eigenvalue weighted by atomic mass is 32.1. The van der Waals surface area contributed by atoms with Gasteiger partial charge in [0.1, 0.15) is 5.82 Å². The summed E-state index contributed by atoms with van der Waals surface area (Å²) in [5.41, 5.74) is 2.44. The minimum absolute atomic E-state index is 0.186. The van der Waals surface area contributed by atoms with Gasteiger partial charge in [-0.2, -0.15) is 12.6 Å².